The molecule has 29 heavy (non-hydrogen) atoms. The highest BCUT2D eigenvalue weighted by molar-refractivity contribution is 5.95. The Bertz CT molecular complexity index is 1060. The van der Waals surface area contributed by atoms with Crippen LogP contribution in [0.1, 0.15) is 20.9 Å². The lowest BCUT2D eigenvalue weighted by Crippen LogP contribution is -2.32. The lowest BCUT2D eigenvalue weighted by atomic mass is 10.2. The van der Waals surface area contributed by atoms with Crippen molar-refractivity contribution in [3.63, 3.8) is 0 Å². The molecule has 0 spiro atoms. The number of hydrazine groups is 2. The van der Waals surface area contributed by atoms with E-state index in [1.54, 1.807) is 0 Å². The number of nitrogens with one attached hydrogen (secondary N) is 4. The summed E-state index contributed by atoms with van der Waals surface area (Å²) in [7, 11) is 0. The van der Waals surface area contributed by atoms with Gasteiger partial charge in [-0.05, 0) is 24.3 Å². The Kier molecular flexibility index (Phi) is 5.58. The van der Waals surface area contributed by atoms with Crippen LogP contribution in [0.4, 0.5) is 21.7 Å². The van der Waals surface area contributed by atoms with E-state index in [1.165, 1.54) is 36.6 Å². The molecule has 13 heteroatoms. The van der Waals surface area contributed by atoms with Gasteiger partial charge in [-0.2, -0.15) is 0 Å². The second-order valence-electron chi connectivity index (χ2n) is 5.29. The largest absolute Gasteiger partial charge is 0.459 e. The summed E-state index contributed by atoms with van der Waals surface area (Å²) in [6.07, 6.45) is 2.23. The maximum Gasteiger partial charge on any atom is 0.356 e. The number of anilines is 2. The van der Waals surface area contributed by atoms with Gasteiger partial charge in [0.1, 0.15) is 12.1 Å². The maximum atomic E-state index is 13.6. The molecule has 0 radical (unpaired) electrons. The fraction of sp³-hybridized carbons (Fsp3) is 0. The van der Waals surface area contributed by atoms with Gasteiger partial charge in [-0.25, -0.2) is 14.4 Å². The monoisotopic (exact) mass is 401 g/mol. The molecule has 4 N–H and O–H groups in total. The molecule has 0 atom stereocenters. The first kappa shape index (κ1) is 19.2. The number of amides is 2. The number of hydrogen-bond donors (Lipinski definition) is 4. The number of aromatic nitrogens is 2. The van der Waals surface area contributed by atoms with E-state index < -0.39 is 34.1 Å². The average Bonchev–Trinajstić information content (AvgIpc) is 3.25. The summed E-state index contributed by atoms with van der Waals surface area (Å²) in [5.41, 5.74) is 7.87. The van der Waals surface area contributed by atoms with E-state index in [0.717, 1.165) is 12.4 Å². The van der Waals surface area contributed by atoms with Crippen molar-refractivity contribution in [1.82, 2.24) is 20.8 Å². The van der Waals surface area contributed by atoms with Crippen molar-refractivity contribution in [2.75, 3.05) is 10.9 Å². The van der Waals surface area contributed by atoms with Gasteiger partial charge in [0, 0.05) is 0 Å². The van der Waals surface area contributed by atoms with E-state index in [4.69, 9.17) is 4.42 Å². The summed E-state index contributed by atoms with van der Waals surface area (Å²) in [6, 6.07) is 8.06. The van der Waals surface area contributed by atoms with E-state index in [1.807, 2.05) is 0 Å². The minimum absolute atomic E-state index is 0.0373. The Hall–Kier alpha value is -4.55. The van der Waals surface area contributed by atoms with E-state index >= 15 is 0 Å². The van der Waals surface area contributed by atoms with Gasteiger partial charge in [0.05, 0.1) is 16.7 Å². The van der Waals surface area contributed by atoms with Gasteiger partial charge in [0.2, 0.25) is 11.6 Å². The summed E-state index contributed by atoms with van der Waals surface area (Å²) in [5.74, 6) is -3.16. The molecule has 3 rings (SSSR count). The summed E-state index contributed by atoms with van der Waals surface area (Å²) >= 11 is 0. The highest BCUT2D eigenvalue weighted by atomic mass is 19.1. The molecule has 0 aliphatic rings. The smallest absolute Gasteiger partial charge is 0.356 e. The average molecular weight is 401 g/mol. The lowest BCUT2D eigenvalue weighted by molar-refractivity contribution is -0.383. The van der Waals surface area contributed by atoms with Crippen LogP contribution in [0.15, 0.2) is 53.4 Å². The number of carbonyl (C=O) groups excluding carboxylic acids is 2. The van der Waals surface area contributed by atoms with Gasteiger partial charge in [-0.1, -0.05) is 12.1 Å². The molecule has 2 amide bonds. The maximum absolute atomic E-state index is 13.6. The van der Waals surface area contributed by atoms with E-state index in [-0.39, 0.29) is 17.1 Å². The molecule has 2 aromatic heterocycles. The molecule has 148 valence electrons. The van der Waals surface area contributed by atoms with Crippen LogP contribution in [0.25, 0.3) is 0 Å². The van der Waals surface area contributed by atoms with Gasteiger partial charge in [0.25, 0.3) is 5.91 Å². The number of furan rings is 1. The molecule has 0 aliphatic carbocycles. The zero-order chi connectivity index (χ0) is 20.8. The normalized spacial score (nSPS) is 10.1. The Morgan fingerprint density at radius 3 is 2.24 bits per heavy atom. The summed E-state index contributed by atoms with van der Waals surface area (Å²) in [5, 5.41) is 11.4. The van der Waals surface area contributed by atoms with Crippen molar-refractivity contribution in [3.05, 3.63) is 76.2 Å². The molecule has 0 saturated heterocycles. The van der Waals surface area contributed by atoms with E-state index in [0.29, 0.717) is 0 Å². The van der Waals surface area contributed by atoms with Gasteiger partial charge >= 0.3 is 11.6 Å². The fourth-order valence-corrected chi connectivity index (χ4v) is 2.15. The van der Waals surface area contributed by atoms with Crippen molar-refractivity contribution < 1.29 is 23.3 Å². The van der Waals surface area contributed by atoms with Crippen LogP contribution in [0, 0.1) is 15.9 Å². The molecule has 0 unspecified atom stereocenters. The van der Waals surface area contributed by atoms with Gasteiger partial charge in [-0.15, -0.1) is 0 Å². The second-order valence-corrected chi connectivity index (χ2v) is 5.29. The molecule has 3 aromatic rings. The van der Waals surface area contributed by atoms with Crippen LogP contribution in [-0.4, -0.2) is 26.7 Å². The van der Waals surface area contributed by atoms with Crippen molar-refractivity contribution in [2.24, 2.45) is 0 Å². The fourth-order valence-electron chi connectivity index (χ4n) is 2.15. The minimum Gasteiger partial charge on any atom is -0.459 e. The number of hydrogen-bond acceptors (Lipinski definition) is 9. The van der Waals surface area contributed by atoms with Crippen LogP contribution in [-0.2, 0) is 0 Å². The Labute approximate surface area is 161 Å². The summed E-state index contributed by atoms with van der Waals surface area (Å²) < 4.78 is 18.5. The molecule has 2 heterocycles. The molecular formula is C16H12FN7O5. The van der Waals surface area contributed by atoms with Crippen molar-refractivity contribution in [2.45, 2.75) is 0 Å². The first-order chi connectivity index (χ1) is 14.0. The first-order valence-corrected chi connectivity index (χ1v) is 7.87. The lowest BCUT2D eigenvalue weighted by Gasteiger charge is -2.11. The topological polar surface area (TPSA) is 164 Å². The highest BCUT2D eigenvalue weighted by Crippen LogP contribution is 2.27. The van der Waals surface area contributed by atoms with Crippen molar-refractivity contribution in [1.29, 1.82) is 0 Å². The van der Waals surface area contributed by atoms with Crippen molar-refractivity contribution >= 4 is 29.1 Å². The SMILES string of the molecule is O=C(NNc1ncnc(NNC(=O)c2ccccc2F)c1[N+](=O)[O-])c1ccco1. The predicted octanol–water partition coefficient (Wildman–Crippen LogP) is 1.63. The molecule has 0 bridgehead atoms. The molecule has 0 aliphatic heterocycles. The van der Waals surface area contributed by atoms with Crippen LogP contribution >= 0.6 is 0 Å². The van der Waals surface area contributed by atoms with Gasteiger partial charge in [-0.3, -0.25) is 41.4 Å². The Morgan fingerprint density at radius 2 is 1.66 bits per heavy atom. The third-order valence-electron chi connectivity index (χ3n) is 3.46. The number of halogens is 1. The van der Waals surface area contributed by atoms with E-state index in [2.05, 4.69) is 31.7 Å². The molecular weight excluding hydrogens is 389 g/mol. The number of nitro groups is 1. The van der Waals surface area contributed by atoms with Gasteiger partial charge < -0.3 is 4.42 Å². The first-order valence-electron chi connectivity index (χ1n) is 7.87. The third kappa shape index (κ3) is 4.41. The van der Waals surface area contributed by atoms with Crippen LogP contribution in [0.2, 0.25) is 0 Å². The number of rotatable bonds is 7. The Balaban J connectivity index is 1.74. The third-order valence-corrected chi connectivity index (χ3v) is 3.46. The predicted molar refractivity (Wildman–Crippen MR) is 96.0 cm³/mol. The number of carbonyl (C=O) groups is 2. The number of nitrogens with zero attached hydrogens (tertiary/aromatic N) is 3. The standard InChI is InChI=1S/C16H12FN7O5/c17-10-5-2-1-4-9(10)15(25)22-20-13-12(24(27)28)14(19-8-18-13)21-23-16(26)11-6-3-7-29-11/h1-8H,(H,22,25)(H,23,26)(H2,18,19,20,21). The van der Waals surface area contributed by atoms with Crippen molar-refractivity contribution in [3.8, 4) is 0 Å². The van der Waals surface area contributed by atoms with Gasteiger partial charge in [0.15, 0.2) is 5.76 Å². The molecule has 0 saturated carbocycles. The van der Waals surface area contributed by atoms with Crippen LogP contribution in [0.5, 0.6) is 0 Å². The quantitative estimate of drug-likeness (QED) is 0.340. The van der Waals surface area contributed by atoms with E-state index in [9.17, 15) is 24.1 Å². The molecule has 1 aromatic carbocycles. The number of benzene rings is 1. The van der Waals surface area contributed by atoms with Crippen LogP contribution < -0.4 is 21.7 Å². The highest BCUT2D eigenvalue weighted by Gasteiger charge is 2.24. The summed E-state index contributed by atoms with van der Waals surface area (Å²) in [6.45, 7) is 0. The zero-order valence-electron chi connectivity index (χ0n) is 14.4. The molecule has 0 fully saturated rings. The zero-order valence-corrected chi connectivity index (χ0v) is 14.4. The van der Waals surface area contributed by atoms with Crippen LogP contribution in [0.3, 0.4) is 0 Å². The Morgan fingerprint density at radius 1 is 1.00 bits per heavy atom. The minimum atomic E-state index is -0.878. The molecule has 12 nitrogen and oxygen atoms in total. The summed E-state index contributed by atoms with van der Waals surface area (Å²) in [4.78, 5) is 41.9. The second kappa shape index (κ2) is 8.43.